The Morgan fingerprint density at radius 1 is 1.38 bits per heavy atom. The molecule has 5 heteroatoms. The summed E-state index contributed by atoms with van der Waals surface area (Å²) in [7, 11) is 6.27. The van der Waals surface area contributed by atoms with Gasteiger partial charge in [0.2, 0.25) is 0 Å². The van der Waals surface area contributed by atoms with Gasteiger partial charge < -0.3 is 21.6 Å². The second-order valence-electron chi connectivity index (χ2n) is 3.74. The molecule has 0 aliphatic rings. The van der Waals surface area contributed by atoms with Crippen LogP contribution in [0.2, 0.25) is 0 Å². The molecule has 0 saturated heterocycles. The maximum atomic E-state index is 10.8. The molecule has 0 aliphatic heterocycles. The zero-order chi connectivity index (χ0) is 9.61. The molecular formula is C8H17Cl2NO2. The van der Waals surface area contributed by atoms with E-state index >= 15 is 0 Å². The lowest BCUT2D eigenvalue weighted by molar-refractivity contribution is -0.870. The van der Waals surface area contributed by atoms with E-state index in [4.69, 9.17) is 11.6 Å². The van der Waals surface area contributed by atoms with Crippen LogP contribution in [0.1, 0.15) is 12.8 Å². The first-order valence-corrected chi connectivity index (χ1v) is 4.51. The standard InChI is InChI=1S/C8H17ClNO2.ClH/c1-10(2,3)6-4-5-8(11)12-7-9;/h4-7H2,1-3H3;1H/q+1;/p-1. The Morgan fingerprint density at radius 2 is 1.92 bits per heavy atom. The van der Waals surface area contributed by atoms with Gasteiger partial charge in [-0.1, -0.05) is 11.6 Å². The van der Waals surface area contributed by atoms with E-state index in [0.717, 1.165) is 17.4 Å². The third-order valence-electron chi connectivity index (χ3n) is 1.43. The molecule has 0 atom stereocenters. The Balaban J connectivity index is 0. The molecule has 80 valence electrons. The highest BCUT2D eigenvalue weighted by atomic mass is 35.5. The van der Waals surface area contributed by atoms with E-state index in [9.17, 15) is 4.79 Å². The van der Waals surface area contributed by atoms with Crippen LogP contribution in [0.5, 0.6) is 0 Å². The van der Waals surface area contributed by atoms with Crippen molar-refractivity contribution in [1.82, 2.24) is 0 Å². The summed E-state index contributed by atoms with van der Waals surface area (Å²) in [5, 5.41) is 0. The number of ether oxygens (including phenoxy) is 1. The highest BCUT2D eigenvalue weighted by Crippen LogP contribution is 1.99. The van der Waals surface area contributed by atoms with Crippen LogP contribution in [0.3, 0.4) is 0 Å². The van der Waals surface area contributed by atoms with Crippen molar-refractivity contribution in [2.45, 2.75) is 12.8 Å². The van der Waals surface area contributed by atoms with Crippen molar-refractivity contribution >= 4 is 17.6 Å². The van der Waals surface area contributed by atoms with Crippen LogP contribution in [0.25, 0.3) is 0 Å². The summed E-state index contributed by atoms with van der Waals surface area (Å²) in [4.78, 5) is 10.8. The second kappa shape index (κ2) is 7.42. The van der Waals surface area contributed by atoms with E-state index in [2.05, 4.69) is 25.9 Å². The fraction of sp³-hybridized carbons (Fsp3) is 0.875. The van der Waals surface area contributed by atoms with Gasteiger partial charge in [-0.2, -0.15) is 0 Å². The molecule has 0 N–H and O–H groups in total. The summed E-state index contributed by atoms with van der Waals surface area (Å²) in [6.45, 7) is 0.970. The predicted octanol–water partition coefficient (Wildman–Crippen LogP) is -1.78. The van der Waals surface area contributed by atoms with E-state index < -0.39 is 0 Å². The number of halogens is 2. The highest BCUT2D eigenvalue weighted by Gasteiger charge is 2.08. The van der Waals surface area contributed by atoms with Crippen molar-refractivity contribution in [3.05, 3.63) is 0 Å². The number of hydrogen-bond acceptors (Lipinski definition) is 2. The maximum absolute atomic E-state index is 10.8. The van der Waals surface area contributed by atoms with Crippen molar-refractivity contribution in [3.63, 3.8) is 0 Å². The number of carbonyl (C=O) groups is 1. The average molecular weight is 230 g/mol. The van der Waals surface area contributed by atoms with E-state index in [1.54, 1.807) is 0 Å². The number of hydrogen-bond donors (Lipinski definition) is 0. The van der Waals surface area contributed by atoms with Crippen LogP contribution < -0.4 is 12.4 Å². The number of alkyl halides is 1. The second-order valence-corrected chi connectivity index (χ2v) is 3.96. The quantitative estimate of drug-likeness (QED) is 0.317. The van der Waals surface area contributed by atoms with Gasteiger partial charge in [0.1, 0.15) is 0 Å². The predicted molar refractivity (Wildman–Crippen MR) is 48.9 cm³/mol. The molecule has 0 fully saturated rings. The van der Waals surface area contributed by atoms with Crippen molar-refractivity contribution in [2.24, 2.45) is 0 Å². The average Bonchev–Trinajstić information content (AvgIpc) is 1.84. The van der Waals surface area contributed by atoms with Gasteiger partial charge in [-0.05, 0) is 0 Å². The van der Waals surface area contributed by atoms with Crippen LogP contribution >= 0.6 is 11.6 Å². The van der Waals surface area contributed by atoms with Crippen LogP contribution in [0.15, 0.2) is 0 Å². The first-order chi connectivity index (χ1) is 5.45. The van der Waals surface area contributed by atoms with Gasteiger partial charge in [0, 0.05) is 6.42 Å². The summed E-state index contributed by atoms with van der Waals surface area (Å²) in [5.74, 6) is -0.210. The minimum atomic E-state index is -0.210. The molecule has 0 aliphatic carbocycles. The molecule has 0 spiro atoms. The van der Waals surface area contributed by atoms with E-state index in [1.807, 2.05) is 0 Å². The Hall–Kier alpha value is 0.01000. The first-order valence-electron chi connectivity index (χ1n) is 3.98. The highest BCUT2D eigenvalue weighted by molar-refractivity contribution is 6.17. The zero-order valence-electron chi connectivity index (χ0n) is 8.35. The lowest BCUT2D eigenvalue weighted by atomic mass is 10.3. The van der Waals surface area contributed by atoms with Gasteiger partial charge in [0.05, 0.1) is 34.1 Å². The van der Waals surface area contributed by atoms with Gasteiger partial charge in [-0.25, -0.2) is 0 Å². The molecule has 13 heavy (non-hydrogen) atoms. The lowest BCUT2D eigenvalue weighted by Gasteiger charge is -2.23. The SMILES string of the molecule is C[N+](C)(C)CCCC(=O)OCCl.[Cl-]. The molecule has 0 aromatic carbocycles. The summed E-state index contributed by atoms with van der Waals surface area (Å²) in [6.07, 6.45) is 1.31. The van der Waals surface area contributed by atoms with Crippen LogP contribution in [-0.2, 0) is 9.53 Å². The minimum Gasteiger partial charge on any atom is -1.00 e. The fourth-order valence-corrected chi connectivity index (χ4v) is 0.952. The molecule has 0 rings (SSSR count). The Morgan fingerprint density at radius 3 is 2.31 bits per heavy atom. The lowest BCUT2D eigenvalue weighted by Crippen LogP contribution is -3.00. The van der Waals surface area contributed by atoms with Gasteiger partial charge in [-0.15, -0.1) is 0 Å². The first kappa shape index (κ1) is 15.5. The number of rotatable bonds is 5. The van der Waals surface area contributed by atoms with Crippen molar-refractivity contribution in [1.29, 1.82) is 0 Å². The van der Waals surface area contributed by atoms with Gasteiger partial charge in [0.15, 0.2) is 6.07 Å². The molecule has 0 bridgehead atoms. The molecule has 0 heterocycles. The summed E-state index contributed by atoms with van der Waals surface area (Å²) >= 11 is 5.22. The van der Waals surface area contributed by atoms with Crippen LogP contribution in [-0.4, -0.2) is 44.2 Å². The molecular weight excluding hydrogens is 213 g/mol. The summed E-state index contributed by atoms with van der Waals surface area (Å²) in [5.41, 5.74) is 0. The largest absolute Gasteiger partial charge is 1.00 e. The summed E-state index contributed by atoms with van der Waals surface area (Å²) < 4.78 is 5.45. The van der Waals surface area contributed by atoms with E-state index in [1.165, 1.54) is 0 Å². The minimum absolute atomic E-state index is 0. The molecule has 0 radical (unpaired) electrons. The molecule has 0 unspecified atom stereocenters. The van der Waals surface area contributed by atoms with Gasteiger partial charge in [0.25, 0.3) is 0 Å². The topological polar surface area (TPSA) is 26.3 Å². The Labute approximate surface area is 91.0 Å². The molecule has 0 aromatic rings. The van der Waals surface area contributed by atoms with E-state index in [0.29, 0.717) is 6.42 Å². The normalized spacial score (nSPS) is 10.5. The molecule has 0 amide bonds. The number of esters is 1. The van der Waals surface area contributed by atoms with Crippen LogP contribution in [0, 0.1) is 0 Å². The smallest absolute Gasteiger partial charge is 0.307 e. The number of quaternary nitrogens is 1. The van der Waals surface area contributed by atoms with Crippen molar-refractivity contribution in [2.75, 3.05) is 33.8 Å². The number of nitrogens with zero attached hydrogens (tertiary/aromatic N) is 1. The Bertz CT molecular complexity index is 146. The third-order valence-corrected chi connectivity index (χ3v) is 1.53. The van der Waals surface area contributed by atoms with Gasteiger partial charge >= 0.3 is 5.97 Å². The Kier molecular flexibility index (Phi) is 8.83. The van der Waals surface area contributed by atoms with Crippen molar-refractivity contribution in [3.8, 4) is 0 Å². The monoisotopic (exact) mass is 229 g/mol. The fourth-order valence-electron chi connectivity index (χ4n) is 0.831. The maximum Gasteiger partial charge on any atom is 0.307 e. The van der Waals surface area contributed by atoms with Crippen LogP contribution in [0.4, 0.5) is 0 Å². The molecule has 0 saturated carbocycles. The molecule has 3 nitrogen and oxygen atoms in total. The van der Waals surface area contributed by atoms with Crippen molar-refractivity contribution < 1.29 is 26.4 Å². The third kappa shape index (κ3) is 12.0. The van der Waals surface area contributed by atoms with Gasteiger partial charge in [-0.3, -0.25) is 4.79 Å². The summed E-state index contributed by atoms with van der Waals surface area (Å²) in [6, 6.07) is -0.0385. The number of carbonyl (C=O) groups excluding carboxylic acids is 1. The zero-order valence-corrected chi connectivity index (χ0v) is 9.86. The molecule has 0 aromatic heterocycles. The van der Waals surface area contributed by atoms with E-state index in [-0.39, 0.29) is 24.4 Å².